The van der Waals surface area contributed by atoms with Crippen LogP contribution in [0.5, 0.6) is 0 Å². The van der Waals surface area contributed by atoms with Gasteiger partial charge in [0, 0.05) is 55.3 Å². The largest absolute Gasteiger partial charge is 0.343 e. The highest BCUT2D eigenvalue weighted by atomic mass is 16.2. The van der Waals surface area contributed by atoms with Crippen molar-refractivity contribution in [1.82, 2.24) is 19.9 Å². The van der Waals surface area contributed by atoms with Gasteiger partial charge >= 0.3 is 0 Å². The minimum absolute atomic E-state index is 0.0179. The number of rotatable bonds is 4. The van der Waals surface area contributed by atoms with E-state index in [1.165, 1.54) is 0 Å². The fourth-order valence-corrected chi connectivity index (χ4v) is 4.94. The number of nitrogens with zero attached hydrogens (tertiary/aromatic N) is 4. The van der Waals surface area contributed by atoms with Gasteiger partial charge in [-0.15, -0.1) is 0 Å². The van der Waals surface area contributed by atoms with Crippen LogP contribution in [-0.4, -0.2) is 44.8 Å². The van der Waals surface area contributed by atoms with Crippen molar-refractivity contribution in [2.24, 2.45) is 5.92 Å². The van der Waals surface area contributed by atoms with E-state index in [4.69, 9.17) is 0 Å². The number of hydrogen-bond acceptors (Lipinski definition) is 7. The highest BCUT2D eigenvalue weighted by Gasteiger charge is 2.24. The van der Waals surface area contributed by atoms with Crippen molar-refractivity contribution in [2.45, 2.75) is 52.4 Å². The van der Waals surface area contributed by atoms with Crippen molar-refractivity contribution in [3.05, 3.63) is 59.5 Å². The molecule has 0 unspecified atom stereocenters. The van der Waals surface area contributed by atoms with Gasteiger partial charge in [0.25, 0.3) is 0 Å². The summed E-state index contributed by atoms with van der Waals surface area (Å²) in [4.78, 5) is 40.3. The third kappa shape index (κ3) is 6.04. The van der Waals surface area contributed by atoms with Crippen LogP contribution in [0.25, 0.3) is 0 Å². The molecule has 9 heteroatoms. The van der Waals surface area contributed by atoms with Gasteiger partial charge in [-0.3, -0.25) is 14.6 Å². The fourth-order valence-electron chi connectivity index (χ4n) is 4.94. The number of carbonyl (C=O) groups excluding carboxylic acids is 2. The Morgan fingerprint density at radius 1 is 1.05 bits per heavy atom. The van der Waals surface area contributed by atoms with E-state index in [0.717, 1.165) is 78.3 Å². The van der Waals surface area contributed by atoms with Crippen molar-refractivity contribution >= 4 is 40.6 Å². The second-order valence-electron chi connectivity index (χ2n) is 9.86. The van der Waals surface area contributed by atoms with E-state index in [0.29, 0.717) is 24.7 Å². The van der Waals surface area contributed by atoms with E-state index in [2.05, 4.69) is 43.0 Å². The number of fused-ring (bicyclic) bond motifs is 6. The molecule has 3 aromatic rings. The van der Waals surface area contributed by atoms with E-state index in [1.807, 2.05) is 37.1 Å². The van der Waals surface area contributed by atoms with Crippen LogP contribution in [0.4, 0.5) is 28.8 Å². The monoisotopic (exact) mass is 499 g/mol. The second-order valence-corrected chi connectivity index (χ2v) is 9.86. The maximum atomic E-state index is 13.0. The van der Waals surface area contributed by atoms with E-state index >= 15 is 0 Å². The molecule has 0 aliphatic carbocycles. The highest BCUT2D eigenvalue weighted by Crippen LogP contribution is 2.28. The Kier molecular flexibility index (Phi) is 7.30. The molecule has 2 aliphatic rings. The first-order valence-corrected chi connectivity index (χ1v) is 13.0. The quantitative estimate of drug-likeness (QED) is 0.475. The molecule has 4 heterocycles. The summed E-state index contributed by atoms with van der Waals surface area (Å²) in [6.07, 6.45) is 9.66. The zero-order chi connectivity index (χ0) is 25.8. The third-order valence-corrected chi connectivity index (χ3v) is 7.09. The van der Waals surface area contributed by atoms with Gasteiger partial charge in [-0.1, -0.05) is 6.92 Å². The predicted octanol–water partition coefficient (Wildman–Crippen LogP) is 4.74. The lowest BCUT2D eigenvalue weighted by Crippen LogP contribution is -2.38. The lowest BCUT2D eigenvalue weighted by molar-refractivity contribution is -0.132. The zero-order valence-electron chi connectivity index (χ0n) is 21.4. The number of amides is 2. The molecule has 0 spiro atoms. The molecule has 0 radical (unpaired) electrons. The molecule has 0 saturated carbocycles. The van der Waals surface area contributed by atoms with E-state index < -0.39 is 0 Å². The van der Waals surface area contributed by atoms with Gasteiger partial charge in [0.05, 0.1) is 11.9 Å². The van der Waals surface area contributed by atoms with Crippen LogP contribution in [0.15, 0.2) is 42.9 Å². The Labute approximate surface area is 217 Å². The van der Waals surface area contributed by atoms with Crippen molar-refractivity contribution in [1.29, 1.82) is 0 Å². The average molecular weight is 500 g/mol. The lowest BCUT2D eigenvalue weighted by Gasteiger charge is -2.31. The molecule has 37 heavy (non-hydrogen) atoms. The van der Waals surface area contributed by atoms with Crippen LogP contribution in [-0.2, 0) is 22.4 Å². The van der Waals surface area contributed by atoms with Gasteiger partial charge in [0.2, 0.25) is 17.8 Å². The number of benzene rings is 1. The lowest BCUT2D eigenvalue weighted by atomic mass is 9.93. The molecule has 1 fully saturated rings. The molecule has 192 valence electrons. The number of pyridine rings is 1. The summed E-state index contributed by atoms with van der Waals surface area (Å²) < 4.78 is 0. The molecule has 1 aromatic carbocycles. The topological polar surface area (TPSA) is 112 Å². The zero-order valence-corrected chi connectivity index (χ0v) is 21.4. The maximum Gasteiger partial charge on any atom is 0.229 e. The average Bonchev–Trinajstić information content (AvgIpc) is 2.91. The van der Waals surface area contributed by atoms with Crippen molar-refractivity contribution in [3.8, 4) is 0 Å². The van der Waals surface area contributed by atoms with E-state index in [-0.39, 0.29) is 11.8 Å². The smallest absolute Gasteiger partial charge is 0.229 e. The molecule has 5 rings (SSSR count). The number of anilines is 5. The maximum absolute atomic E-state index is 13.0. The Morgan fingerprint density at radius 2 is 1.89 bits per heavy atom. The minimum Gasteiger partial charge on any atom is -0.343 e. The first kappa shape index (κ1) is 24.7. The van der Waals surface area contributed by atoms with Gasteiger partial charge in [-0.25, -0.2) is 4.98 Å². The first-order valence-electron chi connectivity index (χ1n) is 13.0. The van der Waals surface area contributed by atoms with Crippen LogP contribution in [0.2, 0.25) is 0 Å². The van der Waals surface area contributed by atoms with Gasteiger partial charge in [-0.05, 0) is 73.9 Å². The number of carbonyl (C=O) groups is 2. The summed E-state index contributed by atoms with van der Waals surface area (Å²) in [6, 6.07) is 8.05. The standard InChI is InChI=1S/C28H33N7O2/c1-3-26(37)35-10-8-19(9-11-35)13-25(36)33-24-7-6-22-14-21(24)5-4-20-12-23(17-29-16-20)32-28-30-15-18(2)27(31-22)34-28/h6-7,12,14-17,19H,3-5,8-11,13H2,1-2H3,(H,33,36)(H2,30,31,32,34). The SMILES string of the molecule is CCC(=O)N1CCC(CC(=O)Nc2ccc3cc2CCc2cncc(c2)Nc2ncc(C)c(n2)N3)CC1. The van der Waals surface area contributed by atoms with E-state index in [1.54, 1.807) is 12.4 Å². The Morgan fingerprint density at radius 3 is 2.70 bits per heavy atom. The molecular weight excluding hydrogens is 466 g/mol. The summed E-state index contributed by atoms with van der Waals surface area (Å²) in [7, 11) is 0. The first-order chi connectivity index (χ1) is 18.0. The summed E-state index contributed by atoms with van der Waals surface area (Å²) >= 11 is 0. The van der Waals surface area contributed by atoms with Crippen LogP contribution >= 0.6 is 0 Å². The molecule has 9 nitrogen and oxygen atoms in total. The fraction of sp³-hybridized carbons (Fsp3) is 0.393. The number of aryl methyl sites for hydroxylation is 3. The van der Waals surface area contributed by atoms with Crippen LogP contribution in [0.1, 0.15) is 49.3 Å². The number of nitrogens with one attached hydrogen (secondary N) is 3. The molecule has 0 atom stereocenters. The second kappa shape index (κ2) is 10.9. The Bertz CT molecular complexity index is 1300. The van der Waals surface area contributed by atoms with Crippen LogP contribution < -0.4 is 16.0 Å². The Hall–Kier alpha value is -4.01. The summed E-state index contributed by atoms with van der Waals surface area (Å²) in [5, 5.41) is 9.81. The van der Waals surface area contributed by atoms with Gasteiger partial charge in [0.1, 0.15) is 5.82 Å². The summed E-state index contributed by atoms with van der Waals surface area (Å²) in [5.74, 6) is 1.73. The van der Waals surface area contributed by atoms with Gasteiger partial charge < -0.3 is 20.9 Å². The molecule has 3 N–H and O–H groups in total. The van der Waals surface area contributed by atoms with Gasteiger partial charge in [-0.2, -0.15) is 4.98 Å². The molecular formula is C28H33N7O2. The number of piperidine rings is 1. The molecule has 2 aliphatic heterocycles. The van der Waals surface area contributed by atoms with Gasteiger partial charge in [0.15, 0.2) is 0 Å². The number of hydrogen-bond donors (Lipinski definition) is 3. The van der Waals surface area contributed by atoms with Crippen molar-refractivity contribution in [2.75, 3.05) is 29.0 Å². The molecule has 2 aromatic heterocycles. The predicted molar refractivity (Wildman–Crippen MR) is 144 cm³/mol. The summed E-state index contributed by atoms with van der Waals surface area (Å²) in [5.41, 5.74) is 5.62. The normalized spacial score (nSPS) is 15.4. The third-order valence-electron chi connectivity index (χ3n) is 7.09. The van der Waals surface area contributed by atoms with Crippen LogP contribution in [0, 0.1) is 12.8 Å². The Balaban J connectivity index is 1.34. The van der Waals surface area contributed by atoms with Crippen molar-refractivity contribution in [3.63, 3.8) is 0 Å². The number of likely N-dealkylation sites (tertiary alicyclic amines) is 1. The molecule has 2 amide bonds. The highest BCUT2D eigenvalue weighted by molar-refractivity contribution is 5.92. The number of aromatic nitrogens is 3. The molecule has 1 saturated heterocycles. The van der Waals surface area contributed by atoms with Crippen LogP contribution in [0.3, 0.4) is 0 Å². The summed E-state index contributed by atoms with van der Waals surface area (Å²) in [6.45, 7) is 5.33. The molecule has 6 bridgehead atoms. The van der Waals surface area contributed by atoms with E-state index in [9.17, 15) is 9.59 Å². The minimum atomic E-state index is 0.0179. The van der Waals surface area contributed by atoms with Crippen molar-refractivity contribution < 1.29 is 9.59 Å².